The van der Waals surface area contributed by atoms with Gasteiger partial charge in [0.15, 0.2) is 0 Å². The molecule has 0 atom stereocenters. The minimum absolute atomic E-state index is 0.0281. The van der Waals surface area contributed by atoms with E-state index < -0.39 is 11.9 Å². The number of ether oxygens (including phenoxy) is 1. The maximum Gasteiger partial charge on any atom is 0.337 e. The molecule has 0 aliphatic rings. The lowest BCUT2D eigenvalue weighted by Crippen LogP contribution is -2.13. The Labute approximate surface area is 133 Å². The monoisotopic (exact) mass is 306 g/mol. The highest BCUT2D eigenvalue weighted by Gasteiger charge is 2.10. The van der Waals surface area contributed by atoms with Crippen LogP contribution in [0.2, 0.25) is 0 Å². The number of para-hydroxylation sites is 1. The van der Waals surface area contributed by atoms with E-state index >= 15 is 0 Å². The van der Waals surface area contributed by atoms with Gasteiger partial charge in [-0.05, 0) is 35.9 Å². The van der Waals surface area contributed by atoms with E-state index in [9.17, 15) is 9.59 Å². The molecule has 0 aliphatic heterocycles. The summed E-state index contributed by atoms with van der Waals surface area (Å²) in [5.74, 6) is -0.932. The normalized spacial score (nSPS) is 10.5. The van der Waals surface area contributed by atoms with Crippen LogP contribution in [0, 0.1) is 11.3 Å². The highest BCUT2D eigenvalue weighted by Crippen LogP contribution is 2.12. The molecule has 0 aromatic heterocycles. The van der Waals surface area contributed by atoms with Crippen molar-refractivity contribution < 1.29 is 14.3 Å². The molecule has 5 heteroatoms. The Morgan fingerprint density at radius 2 is 1.74 bits per heavy atom. The summed E-state index contributed by atoms with van der Waals surface area (Å²) in [7, 11) is 1.30. The molecule has 0 bridgehead atoms. The number of benzene rings is 2. The van der Waals surface area contributed by atoms with E-state index in [1.54, 1.807) is 48.5 Å². The van der Waals surface area contributed by atoms with E-state index in [1.165, 1.54) is 13.2 Å². The van der Waals surface area contributed by atoms with Gasteiger partial charge in [-0.3, -0.25) is 4.79 Å². The summed E-state index contributed by atoms with van der Waals surface area (Å²) in [6, 6.07) is 17.2. The first-order valence-electron chi connectivity index (χ1n) is 6.80. The number of methoxy groups -OCH3 is 1. The van der Waals surface area contributed by atoms with Crippen LogP contribution in [0.1, 0.15) is 15.9 Å². The zero-order valence-electron chi connectivity index (χ0n) is 12.4. The Morgan fingerprint density at radius 1 is 1.09 bits per heavy atom. The summed E-state index contributed by atoms with van der Waals surface area (Å²) in [6.45, 7) is 0. The number of nitriles is 1. The van der Waals surface area contributed by atoms with Crippen molar-refractivity contribution in [2.24, 2.45) is 0 Å². The molecule has 0 saturated heterocycles. The third-order valence-corrected chi connectivity index (χ3v) is 3.04. The van der Waals surface area contributed by atoms with Crippen molar-refractivity contribution in [2.45, 2.75) is 0 Å². The van der Waals surface area contributed by atoms with Crippen molar-refractivity contribution in [3.05, 3.63) is 71.3 Å². The van der Waals surface area contributed by atoms with Crippen LogP contribution in [-0.2, 0) is 9.53 Å². The van der Waals surface area contributed by atoms with Gasteiger partial charge in [-0.15, -0.1) is 0 Å². The van der Waals surface area contributed by atoms with Crippen LogP contribution >= 0.6 is 0 Å². The lowest BCUT2D eigenvalue weighted by molar-refractivity contribution is -0.112. The van der Waals surface area contributed by atoms with Crippen LogP contribution in [-0.4, -0.2) is 19.0 Å². The standard InChI is InChI=1S/C18H14N2O3/c1-23-18(22)14-9-7-13(8-10-14)11-15(12-19)17(21)20-16-5-3-2-4-6-16/h2-11H,1H3,(H,20,21)/b15-11+. The maximum absolute atomic E-state index is 12.1. The third kappa shape index (κ3) is 4.29. The average molecular weight is 306 g/mol. The molecule has 0 spiro atoms. The molecule has 2 rings (SSSR count). The van der Waals surface area contributed by atoms with Gasteiger partial charge in [0.05, 0.1) is 12.7 Å². The van der Waals surface area contributed by atoms with E-state index in [0.29, 0.717) is 16.8 Å². The van der Waals surface area contributed by atoms with E-state index in [2.05, 4.69) is 10.1 Å². The largest absolute Gasteiger partial charge is 0.465 e. The smallest absolute Gasteiger partial charge is 0.337 e. The Morgan fingerprint density at radius 3 is 2.30 bits per heavy atom. The SMILES string of the molecule is COC(=O)c1ccc(/C=C(\C#N)C(=O)Nc2ccccc2)cc1. The van der Waals surface area contributed by atoms with Crippen molar-refractivity contribution in [1.29, 1.82) is 5.26 Å². The van der Waals surface area contributed by atoms with Gasteiger partial charge in [-0.1, -0.05) is 30.3 Å². The number of hydrogen-bond acceptors (Lipinski definition) is 4. The van der Waals surface area contributed by atoms with Gasteiger partial charge in [-0.25, -0.2) is 4.79 Å². The molecular weight excluding hydrogens is 292 g/mol. The Kier molecular flexibility index (Phi) is 5.26. The topological polar surface area (TPSA) is 79.2 Å². The number of nitrogens with one attached hydrogen (secondary N) is 1. The molecular formula is C18H14N2O3. The quantitative estimate of drug-likeness (QED) is 0.535. The predicted molar refractivity (Wildman–Crippen MR) is 86.4 cm³/mol. The fourth-order valence-corrected chi connectivity index (χ4v) is 1.87. The average Bonchev–Trinajstić information content (AvgIpc) is 2.60. The Bertz CT molecular complexity index is 772. The van der Waals surface area contributed by atoms with Crippen molar-refractivity contribution in [3.8, 4) is 6.07 Å². The molecule has 23 heavy (non-hydrogen) atoms. The zero-order valence-corrected chi connectivity index (χ0v) is 12.4. The molecule has 2 aromatic rings. The van der Waals surface area contributed by atoms with Crippen LogP contribution in [0.15, 0.2) is 60.2 Å². The highest BCUT2D eigenvalue weighted by molar-refractivity contribution is 6.09. The molecule has 0 saturated carbocycles. The summed E-state index contributed by atoms with van der Waals surface area (Å²) in [6.07, 6.45) is 1.46. The number of rotatable bonds is 4. The number of esters is 1. The van der Waals surface area contributed by atoms with Crippen molar-refractivity contribution >= 4 is 23.6 Å². The van der Waals surface area contributed by atoms with Gasteiger partial charge >= 0.3 is 5.97 Å². The molecule has 0 fully saturated rings. The van der Waals surface area contributed by atoms with E-state index in [1.807, 2.05) is 12.1 Å². The third-order valence-electron chi connectivity index (χ3n) is 3.04. The zero-order chi connectivity index (χ0) is 16.7. The molecule has 0 unspecified atom stereocenters. The number of hydrogen-bond donors (Lipinski definition) is 1. The second-order valence-corrected chi connectivity index (χ2v) is 4.60. The Balaban J connectivity index is 2.16. The molecule has 1 amide bonds. The minimum atomic E-state index is -0.490. The second kappa shape index (κ2) is 7.57. The van der Waals surface area contributed by atoms with Gasteiger partial charge in [0.25, 0.3) is 5.91 Å². The summed E-state index contributed by atoms with van der Waals surface area (Å²) >= 11 is 0. The molecule has 2 aromatic carbocycles. The Hall–Kier alpha value is -3.39. The predicted octanol–water partition coefficient (Wildman–Crippen LogP) is 3.02. The number of nitrogens with zero attached hydrogens (tertiary/aromatic N) is 1. The fourth-order valence-electron chi connectivity index (χ4n) is 1.87. The molecule has 114 valence electrons. The minimum Gasteiger partial charge on any atom is -0.465 e. The molecule has 0 heterocycles. The lowest BCUT2D eigenvalue weighted by atomic mass is 10.1. The van der Waals surface area contributed by atoms with Crippen LogP contribution in [0.25, 0.3) is 6.08 Å². The number of carbonyl (C=O) groups excluding carboxylic acids is 2. The first kappa shape index (κ1) is 16.0. The van der Waals surface area contributed by atoms with Crippen molar-refractivity contribution in [3.63, 3.8) is 0 Å². The number of carbonyl (C=O) groups is 2. The second-order valence-electron chi connectivity index (χ2n) is 4.60. The van der Waals surface area contributed by atoms with Crippen LogP contribution in [0.5, 0.6) is 0 Å². The van der Waals surface area contributed by atoms with Crippen molar-refractivity contribution in [1.82, 2.24) is 0 Å². The van der Waals surface area contributed by atoms with Gasteiger partial charge < -0.3 is 10.1 Å². The molecule has 0 aliphatic carbocycles. The summed E-state index contributed by atoms with van der Waals surface area (Å²) in [5, 5.41) is 11.8. The summed E-state index contributed by atoms with van der Waals surface area (Å²) in [5.41, 5.74) is 1.62. The summed E-state index contributed by atoms with van der Waals surface area (Å²) < 4.78 is 4.61. The van der Waals surface area contributed by atoms with Crippen LogP contribution in [0.4, 0.5) is 5.69 Å². The van der Waals surface area contributed by atoms with E-state index in [4.69, 9.17) is 5.26 Å². The number of anilines is 1. The first-order chi connectivity index (χ1) is 11.1. The van der Waals surface area contributed by atoms with Crippen molar-refractivity contribution in [2.75, 3.05) is 12.4 Å². The van der Waals surface area contributed by atoms with Crippen LogP contribution in [0.3, 0.4) is 0 Å². The highest BCUT2D eigenvalue weighted by atomic mass is 16.5. The first-order valence-corrected chi connectivity index (χ1v) is 6.80. The van der Waals surface area contributed by atoms with Gasteiger partial charge in [-0.2, -0.15) is 5.26 Å². The summed E-state index contributed by atoms with van der Waals surface area (Å²) in [4.78, 5) is 23.5. The van der Waals surface area contributed by atoms with E-state index in [-0.39, 0.29) is 5.57 Å². The van der Waals surface area contributed by atoms with Gasteiger partial charge in [0.2, 0.25) is 0 Å². The lowest BCUT2D eigenvalue weighted by Gasteiger charge is -2.04. The van der Waals surface area contributed by atoms with E-state index in [0.717, 1.165) is 0 Å². The van der Waals surface area contributed by atoms with Crippen LogP contribution < -0.4 is 5.32 Å². The fraction of sp³-hybridized carbons (Fsp3) is 0.0556. The van der Waals surface area contributed by atoms with Gasteiger partial charge in [0, 0.05) is 5.69 Å². The maximum atomic E-state index is 12.1. The molecule has 1 N–H and O–H groups in total. The number of amides is 1. The molecule has 5 nitrogen and oxygen atoms in total. The molecule has 0 radical (unpaired) electrons. The van der Waals surface area contributed by atoms with Gasteiger partial charge in [0.1, 0.15) is 11.6 Å².